The summed E-state index contributed by atoms with van der Waals surface area (Å²) in [6.45, 7) is 4.10. The Morgan fingerprint density at radius 1 is 1.16 bits per heavy atom. The molecule has 2 N–H and O–H groups in total. The largest absolute Gasteiger partial charge is 0.481 e. The van der Waals surface area contributed by atoms with Gasteiger partial charge in [0.15, 0.2) is 0 Å². The number of aliphatic carboxylic acids is 1. The first-order chi connectivity index (χ1) is 17.8. The third-order valence-corrected chi connectivity index (χ3v) is 7.39. The van der Waals surface area contributed by atoms with Crippen molar-refractivity contribution in [1.82, 2.24) is 30.2 Å². The van der Waals surface area contributed by atoms with Crippen molar-refractivity contribution in [3.05, 3.63) is 70.4 Å². The number of carbonyl (C=O) groups is 1. The van der Waals surface area contributed by atoms with E-state index in [0.717, 1.165) is 46.2 Å². The van der Waals surface area contributed by atoms with E-state index in [0.29, 0.717) is 29.3 Å². The van der Waals surface area contributed by atoms with E-state index in [9.17, 15) is 4.79 Å². The van der Waals surface area contributed by atoms with E-state index >= 15 is 4.39 Å². The zero-order valence-electron chi connectivity index (χ0n) is 20.7. The van der Waals surface area contributed by atoms with Crippen molar-refractivity contribution in [3.63, 3.8) is 0 Å². The summed E-state index contributed by atoms with van der Waals surface area (Å²) in [6.07, 6.45) is 5.30. The van der Waals surface area contributed by atoms with Crippen LogP contribution in [0.15, 0.2) is 36.7 Å². The Morgan fingerprint density at radius 2 is 1.95 bits per heavy atom. The standard InChI is InChI=1S/C27H26FN7O2/c1-13-8-15(26-32-34-35(3)33-26)9-14(2)24(13)16-4-6-20(28)25-17(16)5-7-21(25)31-23-12-29-22(11-30-23)18-10-19(18)27(36)37/h4,6,8-9,11-12,18-19,21H,5,7,10H2,1-3H3,(H,30,31)(H,36,37)/t18-,19-,21-/m1/s1. The minimum atomic E-state index is -0.798. The molecule has 0 unspecified atom stereocenters. The van der Waals surface area contributed by atoms with Crippen LogP contribution in [0.2, 0.25) is 0 Å². The highest BCUT2D eigenvalue weighted by Crippen LogP contribution is 2.47. The van der Waals surface area contributed by atoms with Gasteiger partial charge in [0, 0.05) is 17.0 Å². The molecule has 0 radical (unpaired) electrons. The van der Waals surface area contributed by atoms with Gasteiger partial charge in [-0.2, -0.15) is 4.80 Å². The Morgan fingerprint density at radius 3 is 2.57 bits per heavy atom. The quantitative estimate of drug-likeness (QED) is 0.401. The minimum absolute atomic E-state index is 0.0751. The predicted molar refractivity (Wildman–Crippen MR) is 134 cm³/mol. The highest BCUT2D eigenvalue weighted by atomic mass is 19.1. The molecule has 0 amide bonds. The minimum Gasteiger partial charge on any atom is -0.481 e. The molecular formula is C27H26FN7O2. The molecule has 0 bridgehead atoms. The van der Waals surface area contributed by atoms with Crippen LogP contribution in [0, 0.1) is 25.6 Å². The van der Waals surface area contributed by atoms with E-state index in [4.69, 9.17) is 5.11 Å². The molecule has 2 aromatic carbocycles. The fourth-order valence-electron chi connectivity index (χ4n) is 5.59. The lowest BCUT2D eigenvalue weighted by atomic mass is 9.89. The lowest BCUT2D eigenvalue weighted by Gasteiger charge is -2.18. The zero-order valence-corrected chi connectivity index (χ0v) is 20.7. The molecule has 6 rings (SSSR count). The Bertz CT molecular complexity index is 1510. The maximum Gasteiger partial charge on any atom is 0.307 e. The molecule has 9 nitrogen and oxygen atoms in total. The number of halogens is 1. The number of nitrogens with zero attached hydrogens (tertiary/aromatic N) is 6. The van der Waals surface area contributed by atoms with Crippen LogP contribution in [0.4, 0.5) is 10.2 Å². The second-order valence-corrected chi connectivity index (χ2v) is 9.92. The van der Waals surface area contributed by atoms with Gasteiger partial charge in [0.05, 0.1) is 37.1 Å². The van der Waals surface area contributed by atoms with E-state index in [1.165, 1.54) is 4.80 Å². The van der Waals surface area contributed by atoms with Crippen molar-refractivity contribution in [2.45, 2.75) is 45.1 Å². The van der Waals surface area contributed by atoms with Gasteiger partial charge in [-0.25, -0.2) is 9.37 Å². The van der Waals surface area contributed by atoms with Crippen LogP contribution < -0.4 is 5.32 Å². The molecule has 0 aliphatic heterocycles. The van der Waals surface area contributed by atoms with Gasteiger partial charge in [-0.3, -0.25) is 9.78 Å². The summed E-state index contributed by atoms with van der Waals surface area (Å²) in [5.74, 6) is -0.369. The number of benzene rings is 2. The van der Waals surface area contributed by atoms with E-state index in [1.54, 1.807) is 25.5 Å². The first kappa shape index (κ1) is 23.2. The first-order valence-corrected chi connectivity index (χ1v) is 12.3. The smallest absolute Gasteiger partial charge is 0.307 e. The van der Waals surface area contributed by atoms with Gasteiger partial charge in [0.25, 0.3) is 0 Å². The number of hydrogen-bond donors (Lipinski definition) is 2. The number of aryl methyl sites for hydroxylation is 3. The maximum absolute atomic E-state index is 15.2. The fraction of sp³-hybridized carbons (Fsp3) is 0.333. The molecule has 0 spiro atoms. The molecule has 4 aromatic rings. The molecule has 3 atom stereocenters. The second kappa shape index (κ2) is 8.72. The summed E-state index contributed by atoms with van der Waals surface area (Å²) < 4.78 is 15.2. The third kappa shape index (κ3) is 4.12. The number of anilines is 1. The number of aromatic nitrogens is 6. The topological polar surface area (TPSA) is 119 Å². The zero-order chi connectivity index (χ0) is 25.8. The lowest BCUT2D eigenvalue weighted by molar-refractivity contribution is -0.138. The Labute approximate surface area is 212 Å². The number of fused-ring (bicyclic) bond motifs is 1. The van der Waals surface area contributed by atoms with Gasteiger partial charge in [-0.05, 0) is 84.3 Å². The summed E-state index contributed by atoms with van der Waals surface area (Å²) in [4.78, 5) is 21.4. The number of carboxylic acid groups (broad SMARTS) is 1. The van der Waals surface area contributed by atoms with Crippen LogP contribution in [0.3, 0.4) is 0 Å². The predicted octanol–water partition coefficient (Wildman–Crippen LogP) is 4.38. The molecule has 10 heteroatoms. The van der Waals surface area contributed by atoms with Crippen molar-refractivity contribution in [2.24, 2.45) is 13.0 Å². The van der Waals surface area contributed by atoms with Crippen molar-refractivity contribution < 1.29 is 14.3 Å². The van der Waals surface area contributed by atoms with Gasteiger partial charge in [-0.15, -0.1) is 10.2 Å². The Balaban J connectivity index is 1.29. The van der Waals surface area contributed by atoms with Crippen molar-refractivity contribution in [2.75, 3.05) is 5.32 Å². The van der Waals surface area contributed by atoms with E-state index in [2.05, 4.69) is 44.5 Å². The van der Waals surface area contributed by atoms with E-state index in [1.807, 2.05) is 18.2 Å². The van der Waals surface area contributed by atoms with E-state index < -0.39 is 5.97 Å². The van der Waals surface area contributed by atoms with Crippen LogP contribution >= 0.6 is 0 Å². The summed E-state index contributed by atoms with van der Waals surface area (Å²) >= 11 is 0. The first-order valence-electron chi connectivity index (χ1n) is 12.3. The molecule has 1 saturated carbocycles. The van der Waals surface area contributed by atoms with Crippen molar-refractivity contribution in [1.29, 1.82) is 0 Å². The SMILES string of the molecule is Cc1cc(-c2nnn(C)n2)cc(C)c1-c1ccc(F)c2c1CC[C@H]2Nc1cnc([C@@H]2C[C@H]2C(=O)O)cn1. The molecule has 2 aliphatic carbocycles. The molecule has 2 heterocycles. The molecular weight excluding hydrogens is 473 g/mol. The Kier molecular flexibility index (Phi) is 5.47. The van der Waals surface area contributed by atoms with Gasteiger partial charge in [-0.1, -0.05) is 6.07 Å². The second-order valence-electron chi connectivity index (χ2n) is 9.92. The molecule has 188 valence electrons. The van der Waals surface area contributed by atoms with Crippen LogP contribution in [-0.2, 0) is 18.3 Å². The van der Waals surface area contributed by atoms with Crippen LogP contribution in [0.25, 0.3) is 22.5 Å². The highest BCUT2D eigenvalue weighted by Gasteiger charge is 2.45. The normalized spacial score (nSPS) is 20.1. The molecule has 0 saturated heterocycles. The molecule has 2 aromatic heterocycles. The summed E-state index contributed by atoms with van der Waals surface area (Å²) in [7, 11) is 1.73. The highest BCUT2D eigenvalue weighted by molar-refractivity contribution is 5.79. The summed E-state index contributed by atoms with van der Waals surface area (Å²) in [5, 5.41) is 24.9. The third-order valence-electron chi connectivity index (χ3n) is 7.39. The average Bonchev–Trinajstić information content (AvgIpc) is 3.38. The van der Waals surface area contributed by atoms with Crippen LogP contribution in [0.5, 0.6) is 0 Å². The maximum atomic E-state index is 15.2. The summed E-state index contributed by atoms with van der Waals surface area (Å²) in [5.41, 5.74) is 7.49. The van der Waals surface area contributed by atoms with Crippen molar-refractivity contribution >= 4 is 11.8 Å². The van der Waals surface area contributed by atoms with Gasteiger partial charge in [0.1, 0.15) is 11.6 Å². The number of rotatable bonds is 6. The monoisotopic (exact) mass is 499 g/mol. The Hall–Kier alpha value is -4.21. The van der Waals surface area contributed by atoms with Gasteiger partial charge >= 0.3 is 5.97 Å². The summed E-state index contributed by atoms with van der Waals surface area (Å²) in [6, 6.07) is 7.28. The number of carboxylic acids is 1. The van der Waals surface area contributed by atoms with Gasteiger partial charge in [0.2, 0.25) is 5.82 Å². The van der Waals surface area contributed by atoms with Crippen LogP contribution in [0.1, 0.15) is 52.7 Å². The van der Waals surface area contributed by atoms with Crippen molar-refractivity contribution in [3.8, 4) is 22.5 Å². The average molecular weight is 500 g/mol. The number of tetrazole rings is 1. The fourth-order valence-corrected chi connectivity index (χ4v) is 5.59. The molecule has 1 fully saturated rings. The molecule has 2 aliphatic rings. The molecule has 37 heavy (non-hydrogen) atoms. The number of nitrogens with one attached hydrogen (secondary N) is 1. The number of hydrogen-bond acceptors (Lipinski definition) is 7. The van der Waals surface area contributed by atoms with Gasteiger partial charge < -0.3 is 10.4 Å². The van der Waals surface area contributed by atoms with Crippen LogP contribution in [-0.4, -0.2) is 41.3 Å². The lowest BCUT2D eigenvalue weighted by Crippen LogP contribution is -2.11. The van der Waals surface area contributed by atoms with E-state index in [-0.39, 0.29) is 23.7 Å².